The van der Waals surface area contributed by atoms with Gasteiger partial charge in [0.1, 0.15) is 5.76 Å². The van der Waals surface area contributed by atoms with Crippen LogP contribution in [-0.4, -0.2) is 26.4 Å². The lowest BCUT2D eigenvalue weighted by atomic mass is 10.1. The molecule has 24 heavy (non-hydrogen) atoms. The Bertz CT molecular complexity index is 852. The lowest BCUT2D eigenvalue weighted by Crippen LogP contribution is -2.14. The Labute approximate surface area is 144 Å². The molecule has 0 radical (unpaired) electrons. The van der Waals surface area contributed by atoms with Gasteiger partial charge in [0.15, 0.2) is 11.0 Å². The van der Waals surface area contributed by atoms with Gasteiger partial charge in [-0.05, 0) is 19.4 Å². The summed E-state index contributed by atoms with van der Waals surface area (Å²) in [5.74, 6) is 1.20. The van der Waals surface area contributed by atoms with E-state index in [1.807, 2.05) is 17.8 Å². The van der Waals surface area contributed by atoms with Crippen LogP contribution in [0.25, 0.3) is 11.3 Å². The number of aryl methyl sites for hydroxylation is 2. The summed E-state index contributed by atoms with van der Waals surface area (Å²) in [5, 5.41) is 7.23. The van der Waals surface area contributed by atoms with Gasteiger partial charge in [-0.1, -0.05) is 46.7 Å². The Morgan fingerprint density at radius 2 is 2.04 bits per heavy atom. The SMILES string of the molecule is Cc1ccc(-c2cnc(SCC(=O)Nc3cc(C)on3)n2C)cc1. The number of rotatable bonds is 5. The number of hydrogen-bond acceptors (Lipinski definition) is 5. The largest absolute Gasteiger partial charge is 0.360 e. The number of anilines is 1. The van der Waals surface area contributed by atoms with Crippen LogP contribution in [0.4, 0.5) is 5.82 Å². The smallest absolute Gasteiger partial charge is 0.236 e. The van der Waals surface area contributed by atoms with Crippen molar-refractivity contribution >= 4 is 23.5 Å². The number of benzene rings is 1. The zero-order valence-corrected chi connectivity index (χ0v) is 14.6. The average molecular weight is 342 g/mol. The van der Waals surface area contributed by atoms with E-state index < -0.39 is 0 Å². The van der Waals surface area contributed by atoms with Crippen LogP contribution < -0.4 is 5.32 Å². The number of hydrogen-bond donors (Lipinski definition) is 1. The second kappa shape index (κ2) is 6.92. The molecule has 0 fully saturated rings. The van der Waals surface area contributed by atoms with Gasteiger partial charge in [-0.3, -0.25) is 4.79 Å². The number of thioether (sulfide) groups is 1. The number of nitrogens with zero attached hydrogens (tertiary/aromatic N) is 3. The Morgan fingerprint density at radius 3 is 2.71 bits per heavy atom. The fourth-order valence-corrected chi connectivity index (χ4v) is 3.01. The van der Waals surface area contributed by atoms with Gasteiger partial charge in [0.25, 0.3) is 0 Å². The van der Waals surface area contributed by atoms with Crippen LogP contribution in [0, 0.1) is 13.8 Å². The van der Waals surface area contributed by atoms with Gasteiger partial charge in [0.2, 0.25) is 5.91 Å². The fourth-order valence-electron chi connectivity index (χ4n) is 2.25. The highest BCUT2D eigenvalue weighted by molar-refractivity contribution is 7.99. The van der Waals surface area contributed by atoms with E-state index in [-0.39, 0.29) is 11.7 Å². The molecule has 0 bridgehead atoms. The first-order valence-corrected chi connectivity index (χ1v) is 8.46. The third kappa shape index (κ3) is 3.68. The zero-order valence-electron chi connectivity index (χ0n) is 13.7. The number of nitrogens with one attached hydrogen (secondary N) is 1. The maximum absolute atomic E-state index is 12.0. The van der Waals surface area contributed by atoms with Gasteiger partial charge >= 0.3 is 0 Å². The molecule has 1 aromatic carbocycles. The molecule has 124 valence electrons. The first-order chi connectivity index (χ1) is 11.5. The van der Waals surface area contributed by atoms with E-state index in [1.165, 1.54) is 17.3 Å². The van der Waals surface area contributed by atoms with Crippen molar-refractivity contribution < 1.29 is 9.32 Å². The topological polar surface area (TPSA) is 73.0 Å². The maximum Gasteiger partial charge on any atom is 0.236 e. The minimum Gasteiger partial charge on any atom is -0.360 e. The summed E-state index contributed by atoms with van der Waals surface area (Å²) in [6.07, 6.45) is 1.83. The molecule has 0 aliphatic heterocycles. The molecule has 2 aromatic heterocycles. The van der Waals surface area contributed by atoms with Crippen LogP contribution in [0.2, 0.25) is 0 Å². The molecule has 7 heteroatoms. The zero-order chi connectivity index (χ0) is 17.1. The molecule has 3 aromatic rings. The number of carbonyl (C=O) groups is 1. The van der Waals surface area contributed by atoms with Crippen LogP contribution in [-0.2, 0) is 11.8 Å². The second-order valence-corrected chi connectivity index (χ2v) is 6.45. The van der Waals surface area contributed by atoms with E-state index in [0.29, 0.717) is 11.6 Å². The van der Waals surface area contributed by atoms with E-state index in [1.54, 1.807) is 13.0 Å². The van der Waals surface area contributed by atoms with Gasteiger partial charge in [-0.2, -0.15) is 0 Å². The van der Waals surface area contributed by atoms with Gasteiger partial charge in [0.05, 0.1) is 17.6 Å². The van der Waals surface area contributed by atoms with Crippen molar-refractivity contribution in [3.8, 4) is 11.3 Å². The Balaban J connectivity index is 1.63. The number of aromatic nitrogens is 3. The van der Waals surface area contributed by atoms with E-state index in [9.17, 15) is 4.79 Å². The van der Waals surface area contributed by atoms with E-state index in [4.69, 9.17) is 4.52 Å². The molecule has 1 amide bonds. The molecule has 0 saturated heterocycles. The molecular formula is C17H18N4O2S. The molecule has 2 heterocycles. The second-order valence-electron chi connectivity index (χ2n) is 5.51. The van der Waals surface area contributed by atoms with Crippen molar-refractivity contribution in [3.63, 3.8) is 0 Å². The van der Waals surface area contributed by atoms with Crippen LogP contribution in [0.3, 0.4) is 0 Å². The maximum atomic E-state index is 12.0. The Morgan fingerprint density at radius 1 is 1.29 bits per heavy atom. The highest BCUT2D eigenvalue weighted by atomic mass is 32.2. The molecule has 1 N–H and O–H groups in total. The van der Waals surface area contributed by atoms with Crippen molar-refractivity contribution in [1.29, 1.82) is 0 Å². The van der Waals surface area contributed by atoms with Gasteiger partial charge in [-0.15, -0.1) is 0 Å². The quantitative estimate of drug-likeness (QED) is 0.719. The van der Waals surface area contributed by atoms with Crippen molar-refractivity contribution in [2.45, 2.75) is 19.0 Å². The molecule has 0 aliphatic carbocycles. The molecule has 3 rings (SSSR count). The molecule has 0 unspecified atom stereocenters. The van der Waals surface area contributed by atoms with E-state index >= 15 is 0 Å². The molecule has 0 saturated carbocycles. The lowest BCUT2D eigenvalue weighted by molar-refractivity contribution is -0.113. The van der Waals surface area contributed by atoms with Crippen LogP contribution in [0.15, 0.2) is 46.2 Å². The van der Waals surface area contributed by atoms with Crippen molar-refractivity contribution in [2.75, 3.05) is 11.1 Å². The molecule has 0 spiro atoms. The Kier molecular flexibility index (Phi) is 4.71. The predicted molar refractivity (Wildman–Crippen MR) is 94.0 cm³/mol. The first-order valence-electron chi connectivity index (χ1n) is 7.47. The van der Waals surface area contributed by atoms with Gasteiger partial charge < -0.3 is 14.4 Å². The Hall–Kier alpha value is -2.54. The minimum absolute atomic E-state index is 0.145. The molecule has 6 nitrogen and oxygen atoms in total. The van der Waals surface area contributed by atoms with Crippen molar-refractivity contribution in [1.82, 2.24) is 14.7 Å². The lowest BCUT2D eigenvalue weighted by Gasteiger charge is -2.06. The van der Waals surface area contributed by atoms with E-state index in [2.05, 4.69) is 46.6 Å². The number of carbonyl (C=O) groups excluding carboxylic acids is 1. The standard InChI is InChI=1S/C17H18N4O2S/c1-11-4-6-13(7-5-11)14-9-18-17(21(14)3)24-10-16(22)19-15-8-12(2)23-20-15/h4-9H,10H2,1-3H3,(H,19,20,22). The normalized spacial score (nSPS) is 10.8. The summed E-state index contributed by atoms with van der Waals surface area (Å²) in [6.45, 7) is 3.83. The fraction of sp³-hybridized carbons (Fsp3) is 0.235. The third-order valence-corrected chi connectivity index (χ3v) is 4.56. The summed E-state index contributed by atoms with van der Waals surface area (Å²) in [4.78, 5) is 16.4. The van der Waals surface area contributed by atoms with E-state index in [0.717, 1.165) is 16.4 Å². The van der Waals surface area contributed by atoms with Crippen molar-refractivity contribution in [2.24, 2.45) is 7.05 Å². The van der Waals surface area contributed by atoms with Gasteiger partial charge in [-0.25, -0.2) is 4.98 Å². The molecular weight excluding hydrogens is 324 g/mol. The predicted octanol–water partition coefficient (Wildman–Crippen LogP) is 3.42. The summed E-state index contributed by atoms with van der Waals surface area (Å²) in [6, 6.07) is 9.96. The highest BCUT2D eigenvalue weighted by Gasteiger charge is 2.12. The van der Waals surface area contributed by atoms with Crippen LogP contribution >= 0.6 is 11.8 Å². The number of amides is 1. The minimum atomic E-state index is -0.145. The summed E-state index contributed by atoms with van der Waals surface area (Å²) >= 11 is 1.38. The first kappa shape index (κ1) is 16.3. The van der Waals surface area contributed by atoms with Gasteiger partial charge in [0, 0.05) is 13.1 Å². The summed E-state index contributed by atoms with van der Waals surface area (Å²) < 4.78 is 6.91. The molecule has 0 aliphatic rings. The van der Waals surface area contributed by atoms with Crippen LogP contribution in [0.1, 0.15) is 11.3 Å². The highest BCUT2D eigenvalue weighted by Crippen LogP contribution is 2.25. The average Bonchev–Trinajstić information content (AvgIpc) is 3.12. The third-order valence-electron chi connectivity index (χ3n) is 3.52. The monoisotopic (exact) mass is 342 g/mol. The number of imidazole rings is 1. The summed E-state index contributed by atoms with van der Waals surface area (Å²) in [7, 11) is 1.95. The van der Waals surface area contributed by atoms with Crippen molar-refractivity contribution in [3.05, 3.63) is 47.9 Å². The summed E-state index contributed by atoms with van der Waals surface area (Å²) in [5.41, 5.74) is 3.34. The molecule has 0 atom stereocenters. The van der Waals surface area contributed by atoms with Crippen LogP contribution in [0.5, 0.6) is 0 Å².